The van der Waals surface area contributed by atoms with Crippen LogP contribution in [0, 0.1) is 17.2 Å². The molecular weight excluding hydrogens is 424 g/mol. The van der Waals surface area contributed by atoms with Crippen LogP contribution in [-0.4, -0.2) is 26.2 Å². The maximum Gasteiger partial charge on any atom is 0.264 e. The molecule has 0 spiro atoms. The van der Waals surface area contributed by atoms with Gasteiger partial charge in [0.25, 0.3) is 10.0 Å². The van der Waals surface area contributed by atoms with Crippen molar-refractivity contribution in [3.05, 3.63) is 53.1 Å². The van der Waals surface area contributed by atoms with Crippen LogP contribution in [0.25, 0.3) is 0 Å². The minimum Gasteiger partial charge on any atom is -0.493 e. The summed E-state index contributed by atoms with van der Waals surface area (Å²) in [5.41, 5.74) is 2.48. The molecule has 0 bridgehead atoms. The first kappa shape index (κ1) is 22.6. The Hall–Kier alpha value is -2.56. The van der Waals surface area contributed by atoms with Gasteiger partial charge >= 0.3 is 0 Å². The van der Waals surface area contributed by atoms with Gasteiger partial charge in [0.05, 0.1) is 35.4 Å². The average molecular weight is 455 g/mol. The summed E-state index contributed by atoms with van der Waals surface area (Å²) in [6.07, 6.45) is 7.44. The molecule has 0 amide bonds. The van der Waals surface area contributed by atoms with Gasteiger partial charge in [0.1, 0.15) is 5.75 Å². The molecule has 32 heavy (non-hydrogen) atoms. The monoisotopic (exact) mass is 454 g/mol. The van der Waals surface area contributed by atoms with E-state index in [4.69, 9.17) is 4.74 Å². The number of aliphatic hydroxyl groups is 1. The van der Waals surface area contributed by atoms with E-state index >= 15 is 0 Å². The van der Waals surface area contributed by atoms with Crippen LogP contribution in [-0.2, 0) is 23.1 Å². The second-order valence-electron chi connectivity index (χ2n) is 8.89. The SMILES string of the molecule is CC1CCc2cc(C#N)ccc2N1S(=O)(=O)c1ccc(OCC2CCCCC2)c(CO)c1. The third kappa shape index (κ3) is 4.48. The van der Waals surface area contributed by atoms with Crippen molar-refractivity contribution in [2.45, 2.75) is 69.4 Å². The molecule has 0 saturated heterocycles. The fraction of sp³-hybridized carbons (Fsp3) is 0.480. The summed E-state index contributed by atoms with van der Waals surface area (Å²) >= 11 is 0. The molecule has 1 N–H and O–H groups in total. The van der Waals surface area contributed by atoms with Crippen LogP contribution >= 0.6 is 0 Å². The van der Waals surface area contributed by atoms with Crippen molar-refractivity contribution < 1.29 is 18.3 Å². The normalized spacial score (nSPS) is 19.3. The highest BCUT2D eigenvalue weighted by Crippen LogP contribution is 2.37. The lowest BCUT2D eigenvalue weighted by molar-refractivity contribution is 0.201. The van der Waals surface area contributed by atoms with Gasteiger partial charge < -0.3 is 9.84 Å². The molecule has 170 valence electrons. The second kappa shape index (κ2) is 9.51. The molecule has 2 aliphatic rings. The molecule has 6 nitrogen and oxygen atoms in total. The van der Waals surface area contributed by atoms with Gasteiger partial charge in [-0.25, -0.2) is 8.42 Å². The summed E-state index contributed by atoms with van der Waals surface area (Å²) in [5, 5.41) is 19.1. The van der Waals surface area contributed by atoms with Gasteiger partial charge in [0.15, 0.2) is 0 Å². The summed E-state index contributed by atoms with van der Waals surface area (Å²) in [5.74, 6) is 1.06. The summed E-state index contributed by atoms with van der Waals surface area (Å²) < 4.78 is 34.7. The number of nitrogens with zero attached hydrogens (tertiary/aromatic N) is 2. The molecule has 1 aliphatic heterocycles. The number of fused-ring (bicyclic) bond motifs is 1. The van der Waals surface area contributed by atoms with E-state index in [1.54, 1.807) is 30.3 Å². The number of aliphatic hydroxyl groups excluding tert-OH is 1. The molecular formula is C25H30N2O4S. The molecule has 1 atom stereocenters. The van der Waals surface area contributed by atoms with Gasteiger partial charge in [-0.15, -0.1) is 0 Å². The highest BCUT2D eigenvalue weighted by atomic mass is 32.2. The Morgan fingerprint density at radius 3 is 2.62 bits per heavy atom. The van der Waals surface area contributed by atoms with Crippen molar-refractivity contribution in [3.8, 4) is 11.8 Å². The first-order chi connectivity index (χ1) is 15.4. The number of hydrogen-bond donors (Lipinski definition) is 1. The van der Waals surface area contributed by atoms with Crippen LogP contribution in [0.1, 0.15) is 62.1 Å². The standard InChI is InChI=1S/C25H30N2O4S/c1-18-7-9-21-13-20(15-26)8-11-24(21)27(18)32(29,30)23-10-12-25(22(14-23)16-28)31-17-19-5-3-2-4-6-19/h8,10-14,18-19,28H,2-7,9,16-17H2,1H3. The third-order valence-electron chi connectivity index (χ3n) is 6.64. The van der Waals surface area contributed by atoms with Crippen molar-refractivity contribution in [1.29, 1.82) is 5.26 Å². The Kier molecular flexibility index (Phi) is 6.73. The van der Waals surface area contributed by atoms with Gasteiger partial charge in [-0.2, -0.15) is 5.26 Å². The maximum atomic E-state index is 13.6. The number of benzene rings is 2. The van der Waals surface area contributed by atoms with Crippen LogP contribution in [0.2, 0.25) is 0 Å². The molecule has 0 radical (unpaired) electrons. The van der Waals surface area contributed by atoms with E-state index in [9.17, 15) is 18.8 Å². The molecule has 7 heteroatoms. The number of sulfonamides is 1. The number of aryl methyl sites for hydroxylation is 1. The zero-order chi connectivity index (χ0) is 22.7. The van der Waals surface area contributed by atoms with Crippen molar-refractivity contribution in [2.75, 3.05) is 10.9 Å². The maximum absolute atomic E-state index is 13.6. The number of hydrogen-bond acceptors (Lipinski definition) is 5. The van der Waals surface area contributed by atoms with E-state index in [2.05, 4.69) is 6.07 Å². The predicted octanol–water partition coefficient (Wildman–Crippen LogP) is 4.54. The smallest absolute Gasteiger partial charge is 0.264 e. The van der Waals surface area contributed by atoms with Crippen LogP contribution in [0.5, 0.6) is 5.75 Å². The number of anilines is 1. The molecule has 1 saturated carbocycles. The summed E-state index contributed by atoms with van der Waals surface area (Å²) in [6.45, 7) is 2.20. The van der Waals surface area contributed by atoms with E-state index in [1.807, 2.05) is 6.92 Å². The molecule has 4 rings (SSSR count). The van der Waals surface area contributed by atoms with Crippen LogP contribution < -0.4 is 9.04 Å². The Labute approximate surface area is 190 Å². The predicted molar refractivity (Wildman–Crippen MR) is 123 cm³/mol. The number of rotatable bonds is 6. The van der Waals surface area contributed by atoms with Crippen LogP contribution in [0.3, 0.4) is 0 Å². The van der Waals surface area contributed by atoms with Gasteiger partial charge in [0, 0.05) is 11.6 Å². The lowest BCUT2D eigenvalue weighted by Gasteiger charge is -2.36. The van der Waals surface area contributed by atoms with Crippen LogP contribution in [0.15, 0.2) is 41.3 Å². The Bertz CT molecular complexity index is 1120. The third-order valence-corrected chi connectivity index (χ3v) is 8.56. The van der Waals surface area contributed by atoms with E-state index < -0.39 is 10.0 Å². The minimum absolute atomic E-state index is 0.135. The summed E-state index contributed by atoms with van der Waals surface area (Å²) in [4.78, 5) is 0.135. The molecule has 1 fully saturated rings. The highest BCUT2D eigenvalue weighted by molar-refractivity contribution is 7.92. The fourth-order valence-electron chi connectivity index (χ4n) is 4.81. The highest BCUT2D eigenvalue weighted by Gasteiger charge is 2.34. The van der Waals surface area contributed by atoms with Crippen molar-refractivity contribution >= 4 is 15.7 Å². The number of ether oxygens (including phenoxy) is 1. The quantitative estimate of drug-likeness (QED) is 0.692. The minimum atomic E-state index is -3.85. The van der Waals surface area contributed by atoms with E-state index in [-0.39, 0.29) is 17.5 Å². The first-order valence-corrected chi connectivity index (χ1v) is 12.8. The Morgan fingerprint density at radius 2 is 1.91 bits per heavy atom. The summed E-state index contributed by atoms with van der Waals surface area (Å²) in [7, 11) is -3.85. The van der Waals surface area contributed by atoms with Crippen molar-refractivity contribution in [3.63, 3.8) is 0 Å². The molecule has 2 aromatic carbocycles. The fourth-order valence-corrected chi connectivity index (χ4v) is 6.59. The second-order valence-corrected chi connectivity index (χ2v) is 10.7. The summed E-state index contributed by atoms with van der Waals surface area (Å²) in [6, 6.07) is 11.8. The molecule has 1 aliphatic carbocycles. The Morgan fingerprint density at radius 1 is 1.12 bits per heavy atom. The van der Waals surface area contributed by atoms with Crippen molar-refractivity contribution in [1.82, 2.24) is 0 Å². The zero-order valence-electron chi connectivity index (χ0n) is 18.5. The largest absolute Gasteiger partial charge is 0.493 e. The van der Waals surface area contributed by atoms with Gasteiger partial charge in [0.2, 0.25) is 0 Å². The van der Waals surface area contributed by atoms with Gasteiger partial charge in [-0.1, -0.05) is 19.3 Å². The molecule has 0 aromatic heterocycles. The number of nitriles is 1. The van der Waals surface area contributed by atoms with E-state index in [1.165, 1.54) is 29.6 Å². The van der Waals surface area contributed by atoms with E-state index in [0.29, 0.717) is 41.5 Å². The van der Waals surface area contributed by atoms with Gasteiger partial charge in [-0.3, -0.25) is 4.31 Å². The Balaban J connectivity index is 1.62. The topological polar surface area (TPSA) is 90.6 Å². The van der Waals surface area contributed by atoms with E-state index in [0.717, 1.165) is 24.8 Å². The van der Waals surface area contributed by atoms with Crippen LogP contribution in [0.4, 0.5) is 5.69 Å². The van der Waals surface area contributed by atoms with Crippen molar-refractivity contribution in [2.24, 2.45) is 5.92 Å². The van der Waals surface area contributed by atoms with Gasteiger partial charge in [-0.05, 0) is 80.5 Å². The lowest BCUT2D eigenvalue weighted by Crippen LogP contribution is -2.42. The lowest BCUT2D eigenvalue weighted by atomic mass is 9.90. The molecule has 1 heterocycles. The first-order valence-electron chi connectivity index (χ1n) is 11.4. The average Bonchev–Trinajstić information content (AvgIpc) is 2.82. The zero-order valence-corrected chi connectivity index (χ0v) is 19.3. The molecule has 1 unspecified atom stereocenters. The molecule has 2 aromatic rings.